The molecule has 0 saturated heterocycles. The number of esters is 1. The largest absolute Gasteiger partial charge is 0.464 e. The summed E-state index contributed by atoms with van der Waals surface area (Å²) in [7, 11) is 1.35. The minimum absolute atomic E-state index is 0.324. The van der Waals surface area contributed by atoms with Crippen LogP contribution < -0.4 is 0 Å². The third kappa shape index (κ3) is 2.56. The van der Waals surface area contributed by atoms with Crippen molar-refractivity contribution in [2.75, 3.05) is 13.0 Å². The maximum Gasteiger partial charge on any atom is 0.356 e. The number of fused-ring (bicyclic) bond motifs is 1. The molecule has 17 heavy (non-hydrogen) atoms. The number of carbonyl (C=O) groups excluding carboxylic acids is 1. The van der Waals surface area contributed by atoms with Gasteiger partial charge in [-0.2, -0.15) is 0 Å². The van der Waals surface area contributed by atoms with E-state index in [9.17, 15) is 4.79 Å². The normalized spacial score (nSPS) is 10.5. The zero-order chi connectivity index (χ0) is 12.3. The van der Waals surface area contributed by atoms with E-state index in [1.807, 2.05) is 18.2 Å². The summed E-state index contributed by atoms with van der Waals surface area (Å²) in [5.74, 6) is 0.177. The van der Waals surface area contributed by atoms with Crippen LogP contribution in [0.15, 0.2) is 30.5 Å². The minimum atomic E-state index is -0.420. The van der Waals surface area contributed by atoms with Crippen molar-refractivity contribution >= 4 is 28.3 Å². The summed E-state index contributed by atoms with van der Waals surface area (Å²) < 4.78 is 4.63. The number of hydrogen-bond donors (Lipinski definition) is 0. The number of aryl methyl sites for hydroxylation is 1. The van der Waals surface area contributed by atoms with Crippen LogP contribution in [0.4, 0.5) is 0 Å². The van der Waals surface area contributed by atoms with Gasteiger partial charge < -0.3 is 4.74 Å². The fourth-order valence-corrected chi connectivity index (χ4v) is 1.89. The smallest absolute Gasteiger partial charge is 0.356 e. The molecule has 0 amide bonds. The van der Waals surface area contributed by atoms with Gasteiger partial charge in [0.2, 0.25) is 0 Å². The molecule has 0 saturated carbocycles. The molecule has 3 nitrogen and oxygen atoms in total. The number of pyridine rings is 1. The number of hydrogen-bond acceptors (Lipinski definition) is 3. The first-order chi connectivity index (χ1) is 8.24. The molecule has 0 aliphatic rings. The Morgan fingerprint density at radius 1 is 1.35 bits per heavy atom. The van der Waals surface area contributed by atoms with Crippen LogP contribution >= 0.6 is 11.6 Å². The molecule has 0 aliphatic heterocycles. The van der Waals surface area contributed by atoms with E-state index in [0.29, 0.717) is 11.6 Å². The van der Waals surface area contributed by atoms with Gasteiger partial charge in [-0.05, 0) is 29.5 Å². The van der Waals surface area contributed by atoms with Crippen molar-refractivity contribution in [1.82, 2.24) is 4.98 Å². The Labute approximate surface area is 104 Å². The molecule has 0 atom stereocenters. The second-order valence-electron chi connectivity index (χ2n) is 3.68. The highest BCUT2D eigenvalue weighted by Gasteiger charge is 2.07. The highest BCUT2D eigenvalue weighted by atomic mass is 35.5. The van der Waals surface area contributed by atoms with Gasteiger partial charge in [0.25, 0.3) is 0 Å². The van der Waals surface area contributed by atoms with Crippen LogP contribution in [-0.2, 0) is 11.2 Å². The number of methoxy groups -OCH3 is 1. The molecule has 2 rings (SSSR count). The Balaban J connectivity index is 2.43. The number of aromatic nitrogens is 1. The summed E-state index contributed by atoms with van der Waals surface area (Å²) in [6, 6.07) is 7.73. The molecule has 0 bridgehead atoms. The zero-order valence-electron chi connectivity index (χ0n) is 9.44. The molecule has 1 aromatic carbocycles. The number of halogens is 1. The lowest BCUT2D eigenvalue weighted by atomic mass is 10.1. The fraction of sp³-hybridized carbons (Fsp3) is 0.231. The van der Waals surface area contributed by atoms with Crippen LogP contribution in [0.2, 0.25) is 0 Å². The molecule has 0 N–H and O–H groups in total. The average Bonchev–Trinajstić information content (AvgIpc) is 2.37. The molecule has 0 unspecified atom stereocenters. The van der Waals surface area contributed by atoms with Crippen molar-refractivity contribution in [3.05, 3.63) is 41.7 Å². The van der Waals surface area contributed by atoms with Gasteiger partial charge in [-0.3, -0.25) is 0 Å². The van der Waals surface area contributed by atoms with E-state index in [1.54, 1.807) is 12.3 Å². The van der Waals surface area contributed by atoms with Crippen LogP contribution in [0.5, 0.6) is 0 Å². The van der Waals surface area contributed by atoms with Crippen LogP contribution in [0.3, 0.4) is 0 Å². The first-order valence-corrected chi connectivity index (χ1v) is 5.81. The van der Waals surface area contributed by atoms with Crippen molar-refractivity contribution in [3.63, 3.8) is 0 Å². The van der Waals surface area contributed by atoms with E-state index in [2.05, 4.69) is 9.72 Å². The first-order valence-electron chi connectivity index (χ1n) is 5.27. The van der Waals surface area contributed by atoms with E-state index in [4.69, 9.17) is 11.6 Å². The summed E-state index contributed by atoms with van der Waals surface area (Å²) in [6.45, 7) is 0. The van der Waals surface area contributed by atoms with E-state index in [-0.39, 0.29) is 0 Å². The first kappa shape index (κ1) is 11.9. The Morgan fingerprint density at radius 2 is 2.18 bits per heavy atom. The number of nitrogens with zero attached hydrogens (tertiary/aromatic N) is 1. The molecule has 1 heterocycles. The van der Waals surface area contributed by atoms with Crippen molar-refractivity contribution in [2.45, 2.75) is 6.42 Å². The topological polar surface area (TPSA) is 39.2 Å². The van der Waals surface area contributed by atoms with Crippen molar-refractivity contribution < 1.29 is 9.53 Å². The molecular weight excluding hydrogens is 238 g/mol. The van der Waals surface area contributed by atoms with Gasteiger partial charge in [-0.15, -0.1) is 11.6 Å². The van der Waals surface area contributed by atoms with Crippen LogP contribution in [0, 0.1) is 0 Å². The SMILES string of the molecule is COC(=O)c1cc2ccc(CCCl)cc2cn1. The van der Waals surface area contributed by atoms with Gasteiger partial charge in [0, 0.05) is 17.5 Å². The Bertz CT molecular complexity index is 554. The van der Waals surface area contributed by atoms with Gasteiger partial charge >= 0.3 is 5.97 Å². The summed E-state index contributed by atoms with van der Waals surface area (Å²) in [4.78, 5) is 15.4. The van der Waals surface area contributed by atoms with Gasteiger partial charge in [0.05, 0.1) is 7.11 Å². The molecule has 1 aromatic heterocycles. The van der Waals surface area contributed by atoms with E-state index >= 15 is 0 Å². The average molecular weight is 250 g/mol. The molecule has 88 valence electrons. The number of benzene rings is 1. The fourth-order valence-electron chi connectivity index (χ4n) is 1.67. The monoisotopic (exact) mass is 249 g/mol. The second-order valence-corrected chi connectivity index (χ2v) is 4.06. The van der Waals surface area contributed by atoms with Gasteiger partial charge in [-0.25, -0.2) is 9.78 Å². The lowest BCUT2D eigenvalue weighted by molar-refractivity contribution is 0.0594. The number of alkyl halides is 1. The maximum absolute atomic E-state index is 11.3. The second kappa shape index (κ2) is 5.15. The van der Waals surface area contributed by atoms with Crippen LogP contribution in [-0.4, -0.2) is 23.9 Å². The third-order valence-corrected chi connectivity index (χ3v) is 2.75. The van der Waals surface area contributed by atoms with Gasteiger partial charge in [-0.1, -0.05) is 12.1 Å². The predicted molar refractivity (Wildman–Crippen MR) is 67.5 cm³/mol. The lowest BCUT2D eigenvalue weighted by Gasteiger charge is -2.03. The van der Waals surface area contributed by atoms with E-state index in [1.165, 1.54) is 12.7 Å². The number of ether oxygens (including phenoxy) is 1. The molecule has 4 heteroatoms. The maximum atomic E-state index is 11.3. The van der Waals surface area contributed by atoms with Crippen molar-refractivity contribution in [3.8, 4) is 0 Å². The Kier molecular flexibility index (Phi) is 3.59. The molecule has 0 aliphatic carbocycles. The summed E-state index contributed by atoms with van der Waals surface area (Å²) in [5, 5.41) is 1.97. The lowest BCUT2D eigenvalue weighted by Crippen LogP contribution is -2.03. The van der Waals surface area contributed by atoms with Crippen molar-refractivity contribution in [1.29, 1.82) is 0 Å². The summed E-state index contributed by atoms with van der Waals surface area (Å²) >= 11 is 5.70. The highest BCUT2D eigenvalue weighted by Crippen LogP contribution is 2.17. The standard InChI is InChI=1S/C13H12ClNO2/c1-17-13(16)12-7-10-3-2-9(4-5-14)6-11(10)8-15-12/h2-3,6-8H,4-5H2,1H3. The molecule has 0 radical (unpaired) electrons. The summed E-state index contributed by atoms with van der Waals surface area (Å²) in [6.07, 6.45) is 2.51. The van der Waals surface area contributed by atoms with Crippen LogP contribution in [0.25, 0.3) is 10.8 Å². The highest BCUT2D eigenvalue weighted by molar-refractivity contribution is 6.18. The van der Waals surface area contributed by atoms with Gasteiger partial charge in [0.1, 0.15) is 5.69 Å². The molecular formula is C13H12ClNO2. The number of carbonyl (C=O) groups is 1. The van der Waals surface area contributed by atoms with E-state index < -0.39 is 5.97 Å². The zero-order valence-corrected chi connectivity index (χ0v) is 10.2. The molecule has 0 fully saturated rings. The summed E-state index contributed by atoms with van der Waals surface area (Å²) in [5.41, 5.74) is 1.49. The van der Waals surface area contributed by atoms with Gasteiger partial charge in [0.15, 0.2) is 0 Å². The quantitative estimate of drug-likeness (QED) is 0.620. The van der Waals surface area contributed by atoms with Crippen LogP contribution in [0.1, 0.15) is 16.1 Å². The third-order valence-electron chi connectivity index (χ3n) is 2.56. The predicted octanol–water partition coefficient (Wildman–Crippen LogP) is 2.80. The Morgan fingerprint density at radius 3 is 2.88 bits per heavy atom. The number of rotatable bonds is 3. The Hall–Kier alpha value is -1.61. The minimum Gasteiger partial charge on any atom is -0.464 e. The molecule has 2 aromatic rings. The molecule has 0 spiro atoms. The van der Waals surface area contributed by atoms with Crippen molar-refractivity contribution in [2.24, 2.45) is 0 Å². The van der Waals surface area contributed by atoms with E-state index in [0.717, 1.165) is 17.2 Å².